The quantitative estimate of drug-likeness (QED) is 0.844. The zero-order chi connectivity index (χ0) is 16.1. The molecule has 0 unspecified atom stereocenters. The number of hydrogen-bond acceptors (Lipinski definition) is 2. The zero-order valence-corrected chi connectivity index (χ0v) is 14.6. The summed E-state index contributed by atoms with van der Waals surface area (Å²) in [6, 6.07) is 1.89. The van der Waals surface area contributed by atoms with Crippen LogP contribution in [0, 0.1) is 48.5 Å². The van der Waals surface area contributed by atoms with Gasteiger partial charge in [0.1, 0.15) is 0 Å². The van der Waals surface area contributed by atoms with E-state index in [9.17, 15) is 8.42 Å². The normalized spacial score (nSPS) is 12.0. The van der Waals surface area contributed by atoms with Crippen molar-refractivity contribution in [1.82, 2.24) is 3.97 Å². The third-order valence-electron chi connectivity index (χ3n) is 4.55. The predicted octanol–water partition coefficient (Wildman–Crippen LogP) is 3.88. The lowest BCUT2D eigenvalue weighted by Gasteiger charge is -2.19. The summed E-state index contributed by atoms with van der Waals surface area (Å²) >= 11 is 0. The SMILES string of the molecule is Cc1cc(C)n(S(=O)(=O)c2c(C)c(C)c(C)c(C)c2C)c1. The summed E-state index contributed by atoms with van der Waals surface area (Å²) in [5.41, 5.74) is 6.66. The Morgan fingerprint density at radius 1 is 0.762 bits per heavy atom. The summed E-state index contributed by atoms with van der Waals surface area (Å²) in [5, 5.41) is 0. The minimum atomic E-state index is -3.56. The fourth-order valence-corrected chi connectivity index (χ4v) is 4.94. The molecule has 2 aromatic rings. The summed E-state index contributed by atoms with van der Waals surface area (Å²) in [6.07, 6.45) is 1.69. The van der Waals surface area contributed by atoms with Gasteiger partial charge in [0.2, 0.25) is 0 Å². The molecule has 1 heterocycles. The van der Waals surface area contributed by atoms with Gasteiger partial charge in [-0.15, -0.1) is 0 Å². The highest BCUT2D eigenvalue weighted by atomic mass is 32.2. The van der Waals surface area contributed by atoms with E-state index in [0.717, 1.165) is 33.5 Å². The molecular formula is C17H23NO2S. The van der Waals surface area contributed by atoms with Crippen molar-refractivity contribution in [3.63, 3.8) is 0 Å². The first-order valence-electron chi connectivity index (χ1n) is 7.07. The van der Waals surface area contributed by atoms with Gasteiger partial charge in [0.05, 0.1) is 4.90 Å². The first-order valence-corrected chi connectivity index (χ1v) is 8.51. The number of aryl methyl sites for hydroxylation is 2. The molecule has 0 spiro atoms. The molecule has 1 aromatic heterocycles. The molecule has 0 aliphatic heterocycles. The van der Waals surface area contributed by atoms with Crippen LogP contribution < -0.4 is 0 Å². The van der Waals surface area contributed by atoms with Gasteiger partial charge in [0.25, 0.3) is 10.0 Å². The lowest BCUT2D eigenvalue weighted by molar-refractivity contribution is 0.584. The highest BCUT2D eigenvalue weighted by Crippen LogP contribution is 2.31. The average Bonchev–Trinajstić information content (AvgIpc) is 2.74. The fraction of sp³-hybridized carbons (Fsp3) is 0.412. The van der Waals surface area contributed by atoms with Gasteiger partial charge in [-0.05, 0) is 87.9 Å². The van der Waals surface area contributed by atoms with Gasteiger partial charge in [0, 0.05) is 11.9 Å². The molecule has 0 fully saturated rings. The topological polar surface area (TPSA) is 39.1 Å². The van der Waals surface area contributed by atoms with E-state index in [1.807, 2.05) is 54.5 Å². The molecule has 114 valence electrons. The van der Waals surface area contributed by atoms with Crippen molar-refractivity contribution in [2.45, 2.75) is 53.4 Å². The van der Waals surface area contributed by atoms with E-state index in [4.69, 9.17) is 0 Å². The summed E-state index contributed by atoms with van der Waals surface area (Å²) in [7, 11) is -3.56. The van der Waals surface area contributed by atoms with Crippen LogP contribution in [0.25, 0.3) is 0 Å². The Morgan fingerprint density at radius 3 is 1.57 bits per heavy atom. The van der Waals surface area contributed by atoms with Crippen LogP contribution in [0.3, 0.4) is 0 Å². The Kier molecular flexibility index (Phi) is 3.79. The first-order chi connectivity index (χ1) is 9.59. The maximum atomic E-state index is 13.1. The average molecular weight is 305 g/mol. The van der Waals surface area contributed by atoms with Crippen molar-refractivity contribution in [1.29, 1.82) is 0 Å². The van der Waals surface area contributed by atoms with Crippen molar-refractivity contribution in [3.05, 3.63) is 51.3 Å². The number of nitrogens with zero attached hydrogens (tertiary/aromatic N) is 1. The standard InChI is InChI=1S/C17H23NO2S/c1-10-8-11(2)18(9-10)21(19,20)17-15(6)13(4)12(3)14(5)16(17)7/h8-9H,1-7H3. The minimum Gasteiger partial charge on any atom is -0.246 e. The van der Waals surface area contributed by atoms with Crippen LogP contribution in [-0.2, 0) is 10.0 Å². The summed E-state index contributed by atoms with van der Waals surface area (Å²) in [4.78, 5) is 0.446. The van der Waals surface area contributed by atoms with Gasteiger partial charge >= 0.3 is 0 Å². The van der Waals surface area contributed by atoms with Gasteiger partial charge in [-0.25, -0.2) is 12.4 Å². The van der Waals surface area contributed by atoms with Crippen molar-refractivity contribution in [2.24, 2.45) is 0 Å². The van der Waals surface area contributed by atoms with Gasteiger partial charge in [0.15, 0.2) is 0 Å². The van der Waals surface area contributed by atoms with Crippen molar-refractivity contribution >= 4 is 10.0 Å². The van der Waals surface area contributed by atoms with Crippen LogP contribution in [0.15, 0.2) is 17.2 Å². The molecule has 0 bridgehead atoms. The molecule has 4 heteroatoms. The molecule has 0 aliphatic rings. The maximum Gasteiger partial charge on any atom is 0.268 e. The van der Waals surface area contributed by atoms with Gasteiger partial charge in [-0.3, -0.25) is 0 Å². The molecule has 0 N–H and O–H groups in total. The number of aromatic nitrogens is 1. The van der Waals surface area contributed by atoms with Gasteiger partial charge < -0.3 is 0 Å². The number of hydrogen-bond donors (Lipinski definition) is 0. The van der Waals surface area contributed by atoms with Crippen molar-refractivity contribution in [2.75, 3.05) is 0 Å². The van der Waals surface area contributed by atoms with Crippen molar-refractivity contribution in [3.8, 4) is 0 Å². The zero-order valence-electron chi connectivity index (χ0n) is 13.8. The molecule has 21 heavy (non-hydrogen) atoms. The Balaban J connectivity index is 2.87. The molecule has 0 saturated heterocycles. The van der Waals surface area contributed by atoms with E-state index in [-0.39, 0.29) is 0 Å². The second kappa shape index (κ2) is 5.02. The Morgan fingerprint density at radius 2 is 1.19 bits per heavy atom. The van der Waals surface area contributed by atoms with E-state index >= 15 is 0 Å². The van der Waals surface area contributed by atoms with E-state index in [0.29, 0.717) is 4.90 Å². The van der Waals surface area contributed by atoms with Crippen LogP contribution in [0.2, 0.25) is 0 Å². The van der Waals surface area contributed by atoms with Crippen LogP contribution in [-0.4, -0.2) is 12.4 Å². The molecule has 0 aliphatic carbocycles. The minimum absolute atomic E-state index is 0.446. The third kappa shape index (κ3) is 2.31. The lowest BCUT2D eigenvalue weighted by Crippen LogP contribution is -2.18. The van der Waals surface area contributed by atoms with Gasteiger partial charge in [-0.2, -0.15) is 0 Å². The lowest BCUT2D eigenvalue weighted by atomic mass is 9.95. The second-order valence-corrected chi connectivity index (χ2v) is 7.67. The highest BCUT2D eigenvalue weighted by Gasteiger charge is 2.26. The van der Waals surface area contributed by atoms with E-state index < -0.39 is 10.0 Å². The molecule has 0 saturated carbocycles. The maximum absolute atomic E-state index is 13.1. The smallest absolute Gasteiger partial charge is 0.246 e. The summed E-state index contributed by atoms with van der Waals surface area (Å²) < 4.78 is 27.6. The number of benzene rings is 1. The van der Waals surface area contributed by atoms with Crippen molar-refractivity contribution < 1.29 is 8.42 Å². The molecule has 0 amide bonds. The largest absolute Gasteiger partial charge is 0.268 e. The Hall–Kier alpha value is -1.55. The summed E-state index contributed by atoms with van der Waals surface area (Å²) in [6.45, 7) is 13.5. The van der Waals surface area contributed by atoms with Crippen LogP contribution >= 0.6 is 0 Å². The third-order valence-corrected chi connectivity index (χ3v) is 6.59. The molecule has 3 nitrogen and oxygen atoms in total. The first kappa shape index (κ1) is 15.8. The van der Waals surface area contributed by atoms with E-state index in [1.54, 1.807) is 6.20 Å². The predicted molar refractivity (Wildman–Crippen MR) is 86.6 cm³/mol. The Labute approximate surface area is 127 Å². The molecule has 1 aromatic carbocycles. The molecule has 0 atom stereocenters. The summed E-state index contributed by atoms with van der Waals surface area (Å²) in [5.74, 6) is 0. The molecular weight excluding hydrogens is 282 g/mol. The van der Waals surface area contributed by atoms with E-state index in [2.05, 4.69) is 0 Å². The van der Waals surface area contributed by atoms with Crippen LogP contribution in [0.5, 0.6) is 0 Å². The Bertz CT molecular complexity index is 798. The fourth-order valence-electron chi connectivity index (χ4n) is 2.93. The monoisotopic (exact) mass is 305 g/mol. The van der Waals surface area contributed by atoms with Crippen LogP contribution in [0.4, 0.5) is 0 Å². The van der Waals surface area contributed by atoms with E-state index in [1.165, 1.54) is 9.54 Å². The highest BCUT2D eigenvalue weighted by molar-refractivity contribution is 7.90. The molecule has 2 rings (SSSR count). The second-order valence-electron chi connectivity index (χ2n) is 5.91. The number of rotatable bonds is 2. The van der Waals surface area contributed by atoms with Gasteiger partial charge in [-0.1, -0.05) is 0 Å². The molecule has 0 radical (unpaired) electrons. The van der Waals surface area contributed by atoms with Crippen LogP contribution in [0.1, 0.15) is 39.1 Å².